The van der Waals surface area contributed by atoms with E-state index in [4.69, 9.17) is 4.74 Å². The predicted octanol–water partition coefficient (Wildman–Crippen LogP) is 1.62. The Balaban J connectivity index is 1.53. The number of nitrogens with one attached hydrogen (secondary N) is 1. The molecule has 1 aromatic heterocycles. The monoisotopic (exact) mass is 355 g/mol. The number of cyclic esters (lactones) is 1. The summed E-state index contributed by atoms with van der Waals surface area (Å²) in [4.78, 5) is 29.9. The molecule has 0 radical (unpaired) electrons. The van der Waals surface area contributed by atoms with Gasteiger partial charge in [-0.05, 0) is 36.5 Å². The molecule has 0 spiro atoms. The van der Waals surface area contributed by atoms with Crippen LogP contribution in [0.2, 0.25) is 0 Å². The Bertz CT molecular complexity index is 834. The van der Waals surface area contributed by atoms with E-state index in [-0.39, 0.29) is 30.5 Å². The third kappa shape index (κ3) is 3.35. The predicted molar refractivity (Wildman–Crippen MR) is 94.3 cm³/mol. The molecule has 136 valence electrons. The van der Waals surface area contributed by atoms with Crippen molar-refractivity contribution in [1.29, 1.82) is 0 Å². The fourth-order valence-corrected chi connectivity index (χ4v) is 3.60. The number of rotatable bonds is 5. The summed E-state index contributed by atoms with van der Waals surface area (Å²) in [6.07, 6.45) is 2.29. The van der Waals surface area contributed by atoms with Crippen molar-refractivity contribution >= 4 is 22.9 Å². The molecule has 0 bridgehead atoms. The first-order valence-corrected chi connectivity index (χ1v) is 8.84. The lowest BCUT2D eigenvalue weighted by molar-refractivity contribution is -0.123. The van der Waals surface area contributed by atoms with Gasteiger partial charge in [-0.1, -0.05) is 18.2 Å². The molecule has 0 unspecified atom stereocenters. The maximum atomic E-state index is 12.5. The highest BCUT2D eigenvalue weighted by Gasteiger charge is 2.36. The Morgan fingerprint density at radius 1 is 1.38 bits per heavy atom. The van der Waals surface area contributed by atoms with Crippen LogP contribution in [-0.2, 0) is 9.53 Å². The number of aliphatic hydroxyl groups excluding tert-OH is 1. The van der Waals surface area contributed by atoms with Gasteiger partial charge in [-0.2, -0.15) is 0 Å². The number of hydrogen-bond acceptors (Lipinski definition) is 5. The van der Waals surface area contributed by atoms with Gasteiger partial charge in [0.1, 0.15) is 13.2 Å². The molecule has 26 heavy (non-hydrogen) atoms. The molecular weight excluding hydrogens is 334 g/mol. The van der Waals surface area contributed by atoms with Crippen molar-refractivity contribution in [3.63, 3.8) is 0 Å². The van der Waals surface area contributed by atoms with Gasteiger partial charge in [0.25, 0.3) is 0 Å². The quantitative estimate of drug-likeness (QED) is 0.850. The van der Waals surface area contributed by atoms with Crippen molar-refractivity contribution in [2.24, 2.45) is 5.92 Å². The number of carbonyl (C=O) groups is 2. The molecule has 2 aliphatic rings. The van der Waals surface area contributed by atoms with Crippen molar-refractivity contribution in [3.8, 4) is 0 Å². The second-order valence-electron chi connectivity index (χ2n) is 6.93. The summed E-state index contributed by atoms with van der Waals surface area (Å²) in [5.74, 6) is -0.0779. The lowest BCUT2D eigenvalue weighted by Crippen LogP contribution is -2.45. The van der Waals surface area contributed by atoms with Gasteiger partial charge in [0, 0.05) is 11.6 Å². The minimum absolute atomic E-state index is 0.0222. The topological polar surface area (TPSA) is 91.8 Å². The summed E-state index contributed by atoms with van der Waals surface area (Å²) in [6, 6.07) is 9.61. The van der Waals surface area contributed by atoms with Crippen LogP contribution in [0.3, 0.4) is 0 Å². The number of nitrogens with zero attached hydrogens (tertiary/aromatic N) is 2. The van der Waals surface area contributed by atoms with Gasteiger partial charge in [-0.25, -0.2) is 4.79 Å². The van der Waals surface area contributed by atoms with Crippen LogP contribution in [0.15, 0.2) is 36.5 Å². The Labute approximate surface area is 151 Å². The number of aliphatic hydroxyl groups is 1. The van der Waals surface area contributed by atoms with E-state index in [1.807, 2.05) is 30.3 Å². The molecule has 2 heterocycles. The number of hydrogen-bond donors (Lipinski definition) is 2. The van der Waals surface area contributed by atoms with Gasteiger partial charge >= 0.3 is 6.09 Å². The molecule has 1 aliphatic heterocycles. The summed E-state index contributed by atoms with van der Waals surface area (Å²) < 4.78 is 4.86. The van der Waals surface area contributed by atoms with Crippen LogP contribution in [0.4, 0.5) is 4.79 Å². The number of para-hydroxylation sites is 1. The van der Waals surface area contributed by atoms with Crippen LogP contribution in [0, 0.1) is 5.92 Å². The lowest BCUT2D eigenvalue weighted by Gasteiger charge is -2.38. The van der Waals surface area contributed by atoms with E-state index >= 15 is 0 Å². The van der Waals surface area contributed by atoms with E-state index in [0.29, 0.717) is 26.0 Å². The molecule has 7 nitrogen and oxygen atoms in total. The first-order chi connectivity index (χ1) is 12.6. The highest BCUT2D eigenvalue weighted by molar-refractivity contribution is 5.83. The van der Waals surface area contributed by atoms with Crippen LogP contribution in [-0.4, -0.2) is 52.8 Å². The summed E-state index contributed by atoms with van der Waals surface area (Å²) >= 11 is 0. The van der Waals surface area contributed by atoms with Crippen molar-refractivity contribution in [3.05, 3.63) is 42.1 Å². The summed E-state index contributed by atoms with van der Waals surface area (Å²) in [5.41, 5.74) is 1.81. The number of ether oxygens (including phenoxy) is 1. The van der Waals surface area contributed by atoms with Crippen molar-refractivity contribution in [2.75, 3.05) is 19.7 Å². The summed E-state index contributed by atoms with van der Waals surface area (Å²) in [7, 11) is 0. The molecule has 4 rings (SSSR count). The zero-order valence-electron chi connectivity index (χ0n) is 14.3. The highest BCUT2D eigenvalue weighted by atomic mass is 16.6. The zero-order chi connectivity index (χ0) is 18.1. The Kier molecular flexibility index (Phi) is 4.46. The summed E-state index contributed by atoms with van der Waals surface area (Å²) in [5, 5.41) is 13.7. The van der Waals surface area contributed by atoms with Crippen molar-refractivity contribution in [1.82, 2.24) is 15.2 Å². The molecule has 7 heteroatoms. The van der Waals surface area contributed by atoms with Crippen molar-refractivity contribution < 1.29 is 19.4 Å². The van der Waals surface area contributed by atoms with E-state index in [1.165, 1.54) is 4.90 Å². The van der Waals surface area contributed by atoms with E-state index in [0.717, 1.165) is 16.5 Å². The van der Waals surface area contributed by atoms with Crippen LogP contribution in [0.5, 0.6) is 0 Å². The Morgan fingerprint density at radius 2 is 2.19 bits per heavy atom. The van der Waals surface area contributed by atoms with Gasteiger partial charge in [0.2, 0.25) is 5.91 Å². The highest BCUT2D eigenvalue weighted by Crippen LogP contribution is 2.38. The van der Waals surface area contributed by atoms with Crippen LogP contribution in [0.25, 0.3) is 10.9 Å². The zero-order valence-corrected chi connectivity index (χ0v) is 14.3. The van der Waals surface area contributed by atoms with Crippen LogP contribution in [0.1, 0.15) is 24.4 Å². The van der Waals surface area contributed by atoms with Gasteiger partial charge in [-0.3, -0.25) is 14.7 Å². The molecule has 1 atom stereocenters. The standard InChI is InChI=1S/C19H21N3O4/c23-15-8-13(9-15)18(21-17(24)11-22-5-6-26-19(22)25)14-7-12-3-1-2-4-16(12)20-10-14/h1-4,7,10,13,15,18,23H,5-6,8-9,11H2,(H,21,24)/t13?,15?,18-/m1/s1. The number of pyridine rings is 1. The van der Waals surface area contributed by atoms with E-state index in [9.17, 15) is 14.7 Å². The molecule has 1 saturated heterocycles. The fraction of sp³-hybridized carbons (Fsp3) is 0.421. The van der Waals surface area contributed by atoms with E-state index < -0.39 is 6.09 Å². The summed E-state index contributed by atoms with van der Waals surface area (Å²) in [6.45, 7) is 0.723. The largest absolute Gasteiger partial charge is 0.448 e. The maximum Gasteiger partial charge on any atom is 0.410 e. The van der Waals surface area contributed by atoms with Gasteiger partial charge in [0.15, 0.2) is 0 Å². The van der Waals surface area contributed by atoms with E-state index in [1.54, 1.807) is 6.20 Å². The number of benzene rings is 1. The third-order valence-corrected chi connectivity index (χ3v) is 5.09. The molecule has 2 aromatic rings. The van der Waals surface area contributed by atoms with Gasteiger partial charge in [0.05, 0.1) is 24.2 Å². The molecular formula is C19H21N3O4. The SMILES string of the molecule is O=C(CN1CCOC1=O)N[C@@H](c1cnc2ccccc2c1)C1CC(O)C1. The molecule has 2 amide bonds. The minimum Gasteiger partial charge on any atom is -0.448 e. The number of fused-ring (bicyclic) bond motifs is 1. The number of carbonyl (C=O) groups excluding carboxylic acids is 2. The van der Waals surface area contributed by atoms with Gasteiger partial charge < -0.3 is 15.2 Å². The fourth-order valence-electron chi connectivity index (χ4n) is 3.60. The smallest absolute Gasteiger partial charge is 0.410 e. The van der Waals surface area contributed by atoms with Crippen LogP contribution < -0.4 is 5.32 Å². The Morgan fingerprint density at radius 3 is 2.92 bits per heavy atom. The molecule has 1 aliphatic carbocycles. The third-order valence-electron chi connectivity index (χ3n) is 5.09. The Hall–Kier alpha value is -2.67. The number of amides is 2. The second-order valence-corrected chi connectivity index (χ2v) is 6.93. The minimum atomic E-state index is -0.455. The molecule has 2 N–H and O–H groups in total. The average Bonchev–Trinajstić information content (AvgIpc) is 3.01. The van der Waals surface area contributed by atoms with Gasteiger partial charge in [-0.15, -0.1) is 0 Å². The van der Waals surface area contributed by atoms with Crippen LogP contribution >= 0.6 is 0 Å². The maximum absolute atomic E-state index is 12.5. The first-order valence-electron chi connectivity index (χ1n) is 8.84. The number of aromatic nitrogens is 1. The first kappa shape index (κ1) is 16.8. The molecule has 2 fully saturated rings. The van der Waals surface area contributed by atoms with Crippen molar-refractivity contribution in [2.45, 2.75) is 25.0 Å². The molecule has 1 saturated carbocycles. The molecule has 1 aromatic carbocycles. The average molecular weight is 355 g/mol. The van der Waals surface area contributed by atoms with E-state index in [2.05, 4.69) is 10.3 Å². The lowest BCUT2D eigenvalue weighted by atomic mass is 9.75. The normalized spacial score (nSPS) is 23.4. The second kappa shape index (κ2) is 6.92.